The summed E-state index contributed by atoms with van der Waals surface area (Å²) in [5.74, 6) is -2.02. The van der Waals surface area contributed by atoms with Crippen molar-refractivity contribution < 1.29 is 43.9 Å². The molecule has 38 heavy (non-hydrogen) atoms. The third-order valence-corrected chi connectivity index (χ3v) is 7.59. The number of carbonyl (C=O) groups excluding carboxylic acids is 1. The molecule has 6 nitrogen and oxygen atoms in total. The number of halogens is 7. The van der Waals surface area contributed by atoms with Gasteiger partial charge < -0.3 is 4.90 Å². The molecule has 1 unspecified atom stereocenters. The Kier molecular flexibility index (Phi) is 8.64. The minimum absolute atomic E-state index is 0.0711. The summed E-state index contributed by atoms with van der Waals surface area (Å²) in [6.07, 6.45) is -3.11. The number of Topliss-reactive ketones (excluding diaryl/α,β-unsaturated/α-hetero) is 1. The Morgan fingerprint density at radius 1 is 1.11 bits per heavy atom. The number of piperidine rings is 1. The highest BCUT2D eigenvalue weighted by Crippen LogP contribution is 2.33. The van der Waals surface area contributed by atoms with Gasteiger partial charge in [0.25, 0.3) is 0 Å². The fourth-order valence-electron chi connectivity index (χ4n) is 4.07. The van der Waals surface area contributed by atoms with Crippen molar-refractivity contribution in [1.82, 2.24) is 4.98 Å². The number of pyridine rings is 1. The van der Waals surface area contributed by atoms with Crippen molar-refractivity contribution >= 4 is 27.3 Å². The summed E-state index contributed by atoms with van der Waals surface area (Å²) in [5, 5.41) is 0. The Labute approximate surface area is 215 Å². The van der Waals surface area contributed by atoms with Crippen molar-refractivity contribution in [2.45, 2.75) is 57.1 Å². The molecule has 1 aromatic heterocycles. The van der Waals surface area contributed by atoms with Crippen molar-refractivity contribution in [3.05, 3.63) is 53.0 Å². The molecule has 1 atom stereocenters. The van der Waals surface area contributed by atoms with Crippen LogP contribution in [0.2, 0.25) is 0 Å². The fraction of sp³-hybridized carbons (Fsp3) is 0.500. The van der Waals surface area contributed by atoms with Crippen molar-refractivity contribution in [2.24, 2.45) is 5.92 Å². The number of hydrogen-bond acceptors (Lipinski definition) is 5. The van der Waals surface area contributed by atoms with Gasteiger partial charge in [-0.3, -0.25) is 9.52 Å². The second-order valence-corrected chi connectivity index (χ2v) is 11.0. The lowest BCUT2D eigenvalue weighted by atomic mass is 9.92. The first-order chi connectivity index (χ1) is 17.5. The van der Waals surface area contributed by atoms with Crippen LogP contribution in [-0.4, -0.2) is 37.8 Å². The summed E-state index contributed by atoms with van der Waals surface area (Å²) >= 11 is 0. The summed E-state index contributed by atoms with van der Waals surface area (Å²) in [4.78, 5) is 18.5. The number of alkyl halides is 6. The average molecular weight is 570 g/mol. The number of rotatable bonds is 8. The van der Waals surface area contributed by atoms with E-state index < -0.39 is 50.6 Å². The molecular weight excluding hydrogens is 543 g/mol. The molecule has 0 aliphatic carbocycles. The standard InChI is InChI=1S/C24H26F7N3O3S/c1-14-9-11-34(12-10-14)22-16(5-8-21(32-22)23(26,27)28)4-7-20(35)15(2)17-3-6-19(18(25)13-17)33-38(36,37)24(29,30)31/h3,5-6,8,13-15,33H,4,7,9-12H2,1-2H3. The molecule has 2 heterocycles. The zero-order valence-electron chi connectivity index (χ0n) is 20.5. The maximum absolute atomic E-state index is 14.4. The van der Waals surface area contributed by atoms with Gasteiger partial charge in [-0.25, -0.2) is 9.37 Å². The Hall–Kier alpha value is -2.90. The van der Waals surface area contributed by atoms with Crippen LogP contribution in [-0.2, 0) is 27.4 Å². The Balaban J connectivity index is 1.75. The number of nitrogens with zero attached hydrogens (tertiary/aromatic N) is 2. The van der Waals surface area contributed by atoms with Gasteiger partial charge in [0, 0.05) is 25.4 Å². The fourth-order valence-corrected chi connectivity index (χ4v) is 4.64. The highest BCUT2D eigenvalue weighted by Gasteiger charge is 2.46. The Morgan fingerprint density at radius 3 is 2.29 bits per heavy atom. The number of benzene rings is 1. The van der Waals surface area contributed by atoms with Crippen LogP contribution in [0.1, 0.15) is 55.8 Å². The second kappa shape index (κ2) is 11.1. The molecule has 0 radical (unpaired) electrons. The molecule has 1 N–H and O–H groups in total. The average Bonchev–Trinajstić information content (AvgIpc) is 2.82. The van der Waals surface area contributed by atoms with Gasteiger partial charge in [-0.1, -0.05) is 26.0 Å². The van der Waals surface area contributed by atoms with Gasteiger partial charge in [-0.2, -0.15) is 34.8 Å². The minimum Gasteiger partial charge on any atom is -0.356 e. The van der Waals surface area contributed by atoms with E-state index in [0.29, 0.717) is 24.6 Å². The van der Waals surface area contributed by atoms with E-state index in [0.717, 1.165) is 41.8 Å². The number of anilines is 2. The lowest BCUT2D eigenvalue weighted by Crippen LogP contribution is -2.34. The first-order valence-electron chi connectivity index (χ1n) is 11.7. The molecule has 3 rings (SSSR count). The van der Waals surface area contributed by atoms with Crippen LogP contribution in [0.4, 0.5) is 42.2 Å². The molecule has 0 amide bonds. The van der Waals surface area contributed by atoms with Crippen molar-refractivity contribution in [3.8, 4) is 0 Å². The van der Waals surface area contributed by atoms with Gasteiger partial charge in [0.05, 0.1) is 5.69 Å². The second-order valence-electron chi connectivity index (χ2n) is 9.33. The first-order valence-corrected chi connectivity index (χ1v) is 13.2. The number of nitrogens with one attached hydrogen (secondary N) is 1. The van der Waals surface area contributed by atoms with Crippen LogP contribution in [0.15, 0.2) is 30.3 Å². The molecule has 0 spiro atoms. The minimum atomic E-state index is -5.83. The lowest BCUT2D eigenvalue weighted by molar-refractivity contribution is -0.141. The molecule has 1 aliphatic rings. The smallest absolute Gasteiger partial charge is 0.356 e. The van der Waals surface area contributed by atoms with E-state index in [2.05, 4.69) is 11.9 Å². The summed E-state index contributed by atoms with van der Waals surface area (Å²) in [6.45, 7) is 4.54. The molecule has 1 aliphatic heterocycles. The first kappa shape index (κ1) is 29.7. The highest BCUT2D eigenvalue weighted by atomic mass is 32.2. The van der Waals surface area contributed by atoms with E-state index in [-0.39, 0.29) is 24.2 Å². The molecular formula is C24H26F7N3O3S. The van der Waals surface area contributed by atoms with E-state index in [4.69, 9.17) is 0 Å². The lowest BCUT2D eigenvalue weighted by Gasteiger charge is -2.33. The molecule has 1 saturated heterocycles. The monoisotopic (exact) mass is 569 g/mol. The van der Waals surface area contributed by atoms with Crippen LogP contribution < -0.4 is 9.62 Å². The van der Waals surface area contributed by atoms with Crippen LogP contribution in [0, 0.1) is 11.7 Å². The van der Waals surface area contributed by atoms with Crippen molar-refractivity contribution in [2.75, 3.05) is 22.7 Å². The largest absolute Gasteiger partial charge is 0.516 e. The summed E-state index contributed by atoms with van der Waals surface area (Å²) in [6, 6.07) is 4.82. The van der Waals surface area contributed by atoms with E-state index in [1.54, 1.807) is 4.90 Å². The van der Waals surface area contributed by atoms with E-state index in [9.17, 15) is 43.9 Å². The zero-order valence-corrected chi connectivity index (χ0v) is 21.3. The van der Waals surface area contributed by atoms with Gasteiger partial charge in [0.1, 0.15) is 23.1 Å². The van der Waals surface area contributed by atoms with Crippen LogP contribution in [0.3, 0.4) is 0 Å². The normalized spacial score (nSPS) is 16.4. The number of sulfonamides is 1. The predicted octanol–water partition coefficient (Wildman–Crippen LogP) is 6.04. The molecule has 0 saturated carbocycles. The van der Waals surface area contributed by atoms with Gasteiger partial charge >= 0.3 is 21.7 Å². The van der Waals surface area contributed by atoms with Crippen LogP contribution in [0.5, 0.6) is 0 Å². The van der Waals surface area contributed by atoms with Gasteiger partial charge in [-0.05, 0) is 54.5 Å². The van der Waals surface area contributed by atoms with Crippen molar-refractivity contribution in [3.63, 3.8) is 0 Å². The number of carbonyl (C=O) groups is 1. The molecule has 1 aromatic carbocycles. The number of aromatic nitrogens is 1. The van der Waals surface area contributed by atoms with Crippen LogP contribution >= 0.6 is 0 Å². The van der Waals surface area contributed by atoms with Crippen LogP contribution in [0.25, 0.3) is 0 Å². The molecule has 0 bridgehead atoms. The maximum Gasteiger partial charge on any atom is 0.516 e. The Morgan fingerprint density at radius 2 is 1.74 bits per heavy atom. The maximum atomic E-state index is 14.4. The third kappa shape index (κ3) is 6.94. The number of aryl methyl sites for hydroxylation is 1. The molecule has 2 aromatic rings. The van der Waals surface area contributed by atoms with E-state index >= 15 is 0 Å². The SMILES string of the molecule is CC1CCN(c2nc(C(F)(F)F)ccc2CCC(=O)C(C)c2ccc(NS(=O)(=O)C(F)(F)F)c(F)c2)CC1. The highest BCUT2D eigenvalue weighted by molar-refractivity contribution is 7.93. The summed E-state index contributed by atoms with van der Waals surface area (Å²) in [5.41, 5.74) is -7.05. The molecule has 1 fully saturated rings. The molecule has 210 valence electrons. The Bertz CT molecular complexity index is 1270. The number of ketones is 1. The summed E-state index contributed by atoms with van der Waals surface area (Å²) in [7, 11) is -5.83. The summed E-state index contributed by atoms with van der Waals surface area (Å²) < 4.78 is 115. The van der Waals surface area contributed by atoms with E-state index in [1.807, 2.05) is 0 Å². The third-order valence-electron chi connectivity index (χ3n) is 6.50. The quantitative estimate of drug-likeness (QED) is 0.392. The van der Waals surface area contributed by atoms with Gasteiger partial charge in [0.2, 0.25) is 0 Å². The van der Waals surface area contributed by atoms with Gasteiger partial charge in [0.15, 0.2) is 0 Å². The topological polar surface area (TPSA) is 79.4 Å². The zero-order chi connectivity index (χ0) is 28.5. The number of hydrogen-bond donors (Lipinski definition) is 1. The van der Waals surface area contributed by atoms with Gasteiger partial charge in [-0.15, -0.1) is 0 Å². The molecule has 14 heteroatoms. The van der Waals surface area contributed by atoms with Crippen molar-refractivity contribution in [1.29, 1.82) is 0 Å². The predicted molar refractivity (Wildman–Crippen MR) is 127 cm³/mol. The van der Waals surface area contributed by atoms with E-state index in [1.165, 1.54) is 13.0 Å².